The third-order valence-electron chi connectivity index (χ3n) is 9.17. The summed E-state index contributed by atoms with van der Waals surface area (Å²) >= 11 is 5.71. The highest BCUT2D eigenvalue weighted by Crippen LogP contribution is 2.45. The number of carbonyl (C=O) groups is 2. The van der Waals surface area contributed by atoms with Crippen LogP contribution in [0.15, 0.2) is 30.5 Å². The third kappa shape index (κ3) is 6.41. The number of pyridine rings is 1. The first-order valence-electron chi connectivity index (χ1n) is 15.3. The van der Waals surface area contributed by atoms with Gasteiger partial charge in [-0.25, -0.2) is 4.98 Å². The second-order valence-electron chi connectivity index (χ2n) is 12.7. The van der Waals surface area contributed by atoms with E-state index in [2.05, 4.69) is 9.88 Å². The fraction of sp³-hybridized carbons (Fsp3) is 0.531. The molecule has 2 aromatic rings. The Hall–Kier alpha value is -3.80. The maximum Gasteiger partial charge on any atom is 0.419 e. The van der Waals surface area contributed by atoms with Gasteiger partial charge in [0, 0.05) is 37.4 Å². The van der Waals surface area contributed by atoms with Crippen LogP contribution in [0.5, 0.6) is 5.75 Å². The summed E-state index contributed by atoms with van der Waals surface area (Å²) in [5.41, 5.74) is -1.80. The summed E-state index contributed by atoms with van der Waals surface area (Å²) in [6.45, 7) is 9.98. The van der Waals surface area contributed by atoms with Crippen LogP contribution in [-0.4, -0.2) is 87.3 Å². The second-order valence-corrected chi connectivity index (χ2v) is 13.1. The number of ether oxygens (including phenoxy) is 1. The molecule has 3 fully saturated rings. The number of aliphatic carboxylic acids is 1. The number of anilines is 2. The molecule has 1 amide bonds. The Labute approximate surface area is 271 Å². The summed E-state index contributed by atoms with van der Waals surface area (Å²) in [5, 5.41) is 18.4. The van der Waals surface area contributed by atoms with Gasteiger partial charge in [0.2, 0.25) is 0 Å². The van der Waals surface area contributed by atoms with E-state index in [1.165, 1.54) is 6.07 Å². The van der Waals surface area contributed by atoms with E-state index in [0.717, 1.165) is 60.8 Å². The molecule has 2 atom stereocenters. The minimum atomic E-state index is -4.84. The molecule has 2 aliphatic heterocycles. The Morgan fingerprint density at radius 2 is 1.85 bits per heavy atom. The van der Waals surface area contributed by atoms with Gasteiger partial charge in [-0.3, -0.25) is 24.3 Å². The first-order valence-corrected chi connectivity index (χ1v) is 15.7. The van der Waals surface area contributed by atoms with Crippen molar-refractivity contribution >= 4 is 40.6 Å². The lowest BCUT2D eigenvalue weighted by molar-refractivity contribution is -0.140. The molecule has 14 heteroatoms. The normalized spacial score (nSPS) is 22.6. The van der Waals surface area contributed by atoms with Crippen molar-refractivity contribution in [1.82, 2.24) is 14.8 Å². The second kappa shape index (κ2) is 12.8. The minimum absolute atomic E-state index is 0.00754. The van der Waals surface area contributed by atoms with Crippen LogP contribution in [0.25, 0.3) is 0 Å². The third-order valence-corrected chi connectivity index (χ3v) is 9.53. The van der Waals surface area contributed by atoms with Crippen LogP contribution >= 0.6 is 12.2 Å². The van der Waals surface area contributed by atoms with Gasteiger partial charge in [-0.15, -0.1) is 0 Å². The Bertz CT molecular complexity index is 1560. The highest BCUT2D eigenvalue weighted by Gasteiger charge is 2.51. The van der Waals surface area contributed by atoms with Crippen LogP contribution in [0.4, 0.5) is 24.5 Å². The zero-order valence-corrected chi connectivity index (χ0v) is 27.0. The van der Waals surface area contributed by atoms with E-state index < -0.39 is 34.8 Å². The van der Waals surface area contributed by atoms with Gasteiger partial charge < -0.3 is 14.7 Å². The molecular formula is C32H37F3N6O4S. The van der Waals surface area contributed by atoms with Crippen molar-refractivity contribution in [2.24, 2.45) is 0 Å². The highest BCUT2D eigenvalue weighted by molar-refractivity contribution is 7.81. The van der Waals surface area contributed by atoms with Crippen molar-refractivity contribution in [1.29, 1.82) is 5.26 Å². The van der Waals surface area contributed by atoms with E-state index in [9.17, 15) is 27.9 Å². The quantitative estimate of drug-likeness (QED) is 0.369. The number of benzene rings is 1. The van der Waals surface area contributed by atoms with Crippen LogP contribution in [0.3, 0.4) is 0 Å². The molecule has 246 valence electrons. The minimum Gasteiger partial charge on any atom is -0.492 e. The van der Waals surface area contributed by atoms with E-state index in [1.54, 1.807) is 24.8 Å². The van der Waals surface area contributed by atoms with Crippen molar-refractivity contribution in [2.75, 3.05) is 42.6 Å². The number of amides is 1. The Morgan fingerprint density at radius 3 is 2.41 bits per heavy atom. The van der Waals surface area contributed by atoms with Gasteiger partial charge in [0.05, 0.1) is 24.0 Å². The number of alkyl halides is 3. The van der Waals surface area contributed by atoms with E-state index in [4.69, 9.17) is 22.2 Å². The number of piperazine rings is 1. The lowest BCUT2D eigenvalue weighted by atomic mass is 9.79. The number of thiocarbonyl (C=S) groups is 1. The number of carbonyl (C=O) groups excluding carboxylic acids is 1. The lowest BCUT2D eigenvalue weighted by Gasteiger charge is -2.43. The smallest absolute Gasteiger partial charge is 0.419 e. The van der Waals surface area contributed by atoms with E-state index >= 15 is 0 Å². The number of nitriles is 1. The predicted molar refractivity (Wildman–Crippen MR) is 169 cm³/mol. The fourth-order valence-electron chi connectivity index (χ4n) is 6.58. The number of carboxylic acid groups (broad SMARTS) is 1. The Balaban J connectivity index is 1.36. The summed E-state index contributed by atoms with van der Waals surface area (Å²) in [6.07, 6.45) is -0.737. The first-order chi connectivity index (χ1) is 21.6. The zero-order chi connectivity index (χ0) is 33.6. The summed E-state index contributed by atoms with van der Waals surface area (Å²) in [6, 6.07) is 8.00. The van der Waals surface area contributed by atoms with Crippen LogP contribution in [0, 0.1) is 11.3 Å². The number of rotatable bonds is 9. The molecule has 3 heterocycles. The van der Waals surface area contributed by atoms with E-state index in [-0.39, 0.29) is 35.3 Å². The molecule has 0 unspecified atom stereocenters. The standard InChI is InChI=1S/C32H37F3N6O4S/c1-19-16-38(17-20(2)39(19)18-28(42)43)10-11-45-27-9-8-22(12-24(27)21-6-5-7-21)41-30(46)40(29(44)31(41,3)4)23-13-25(32(33,34)35)26(14-36)37-15-23/h8-9,12-13,15,19-21H,5-7,10-11,16-18H2,1-4H3,(H,42,43)/t19-,20+. The van der Waals surface area contributed by atoms with Crippen LogP contribution < -0.4 is 14.5 Å². The Kier molecular flexibility index (Phi) is 9.32. The van der Waals surface area contributed by atoms with Crippen molar-refractivity contribution in [3.8, 4) is 11.8 Å². The molecular weight excluding hydrogens is 621 g/mol. The molecule has 1 N–H and O–H groups in total. The van der Waals surface area contributed by atoms with Gasteiger partial charge in [-0.2, -0.15) is 18.4 Å². The predicted octanol–water partition coefficient (Wildman–Crippen LogP) is 5.01. The SMILES string of the molecule is C[C@@H]1CN(CCOc2ccc(N3C(=S)N(c4cnc(C#N)c(C(F)(F)F)c4)C(=O)C3(C)C)cc2C2CCC2)C[C@H](C)N1CC(=O)O. The summed E-state index contributed by atoms with van der Waals surface area (Å²) < 4.78 is 47.4. The van der Waals surface area contributed by atoms with Crippen LogP contribution in [0.2, 0.25) is 0 Å². The highest BCUT2D eigenvalue weighted by atomic mass is 32.1. The number of nitrogens with zero attached hydrogens (tertiary/aromatic N) is 6. The average Bonchev–Trinajstić information content (AvgIpc) is 3.12. The molecule has 2 saturated heterocycles. The number of carboxylic acids is 1. The molecule has 10 nitrogen and oxygen atoms in total. The van der Waals surface area contributed by atoms with Crippen molar-refractivity contribution in [3.63, 3.8) is 0 Å². The first kappa shape index (κ1) is 33.6. The van der Waals surface area contributed by atoms with Gasteiger partial charge >= 0.3 is 12.1 Å². The molecule has 5 rings (SSSR count). The van der Waals surface area contributed by atoms with Gasteiger partial charge in [-0.1, -0.05) is 6.42 Å². The summed E-state index contributed by atoms with van der Waals surface area (Å²) in [5.74, 6) is -0.358. The van der Waals surface area contributed by atoms with Gasteiger partial charge in [0.25, 0.3) is 5.91 Å². The lowest BCUT2D eigenvalue weighted by Crippen LogP contribution is -2.58. The molecule has 1 aromatic carbocycles. The maximum absolute atomic E-state index is 13.7. The molecule has 0 spiro atoms. The van der Waals surface area contributed by atoms with Crippen molar-refractivity contribution < 1.29 is 32.6 Å². The molecule has 46 heavy (non-hydrogen) atoms. The molecule has 1 saturated carbocycles. The number of aromatic nitrogens is 1. The largest absolute Gasteiger partial charge is 0.492 e. The monoisotopic (exact) mass is 658 g/mol. The topological polar surface area (TPSA) is 113 Å². The maximum atomic E-state index is 13.7. The van der Waals surface area contributed by atoms with Gasteiger partial charge in [0.15, 0.2) is 10.8 Å². The molecule has 0 bridgehead atoms. The number of halogens is 3. The summed E-state index contributed by atoms with van der Waals surface area (Å²) in [4.78, 5) is 35.6. The van der Waals surface area contributed by atoms with Crippen LogP contribution in [-0.2, 0) is 15.8 Å². The average molecular weight is 659 g/mol. The molecule has 0 radical (unpaired) electrons. The van der Waals surface area contributed by atoms with Crippen molar-refractivity contribution in [3.05, 3.63) is 47.3 Å². The number of hydrogen-bond acceptors (Lipinski definition) is 8. The summed E-state index contributed by atoms with van der Waals surface area (Å²) in [7, 11) is 0. The van der Waals surface area contributed by atoms with E-state index in [1.807, 2.05) is 30.9 Å². The molecule has 3 aliphatic rings. The van der Waals surface area contributed by atoms with Gasteiger partial charge in [-0.05, 0) is 88.5 Å². The van der Waals surface area contributed by atoms with E-state index in [0.29, 0.717) is 18.8 Å². The fourth-order valence-corrected chi connectivity index (χ4v) is 7.11. The molecule has 1 aliphatic carbocycles. The van der Waals surface area contributed by atoms with Crippen molar-refractivity contribution in [2.45, 2.75) is 76.7 Å². The number of hydrogen-bond donors (Lipinski definition) is 1. The molecule has 1 aromatic heterocycles. The zero-order valence-electron chi connectivity index (χ0n) is 26.2. The van der Waals surface area contributed by atoms with Gasteiger partial charge in [0.1, 0.15) is 24.0 Å². The van der Waals surface area contributed by atoms with Crippen LogP contribution in [0.1, 0.15) is 69.7 Å². The Morgan fingerprint density at radius 1 is 1.17 bits per heavy atom.